The number of imide groups is 1. The van der Waals surface area contributed by atoms with Gasteiger partial charge in [0.25, 0.3) is 0 Å². The molecule has 19 heavy (non-hydrogen) atoms. The van der Waals surface area contributed by atoms with E-state index in [-0.39, 0.29) is 12.6 Å². The maximum Gasteiger partial charge on any atom is 0.331 e. The van der Waals surface area contributed by atoms with Crippen molar-refractivity contribution in [3.8, 4) is 0 Å². The smallest absolute Gasteiger partial charge is 0.331 e. The van der Waals surface area contributed by atoms with Gasteiger partial charge in [0, 0.05) is 13.1 Å². The van der Waals surface area contributed by atoms with Crippen LogP contribution in [0.4, 0.5) is 9.59 Å². The van der Waals surface area contributed by atoms with Crippen molar-refractivity contribution in [3.63, 3.8) is 0 Å². The maximum atomic E-state index is 12.2. The summed E-state index contributed by atoms with van der Waals surface area (Å²) in [6, 6.07) is -0.857. The van der Waals surface area contributed by atoms with Gasteiger partial charge in [0.1, 0.15) is 0 Å². The fourth-order valence-corrected chi connectivity index (χ4v) is 2.20. The molecule has 108 valence electrons. The van der Waals surface area contributed by atoms with E-state index >= 15 is 0 Å². The summed E-state index contributed by atoms with van der Waals surface area (Å²) in [5, 5.41) is 10.2. The van der Waals surface area contributed by atoms with E-state index in [1.165, 1.54) is 14.7 Å². The molecule has 2 aliphatic heterocycles. The molecule has 4 amide bonds. The predicted molar refractivity (Wildman–Crippen MR) is 67.2 cm³/mol. The van der Waals surface area contributed by atoms with Crippen LogP contribution in [-0.4, -0.2) is 70.6 Å². The third kappa shape index (κ3) is 2.82. The Balaban J connectivity index is 2.16. The number of aliphatic hydroxyl groups excluding tert-OH is 1. The third-order valence-electron chi connectivity index (χ3n) is 3.23. The second-order valence-electron chi connectivity index (χ2n) is 4.86. The highest BCUT2D eigenvalue weighted by atomic mass is 16.6. The van der Waals surface area contributed by atoms with Crippen LogP contribution in [0.5, 0.6) is 0 Å². The number of hydrogen-bond acceptors (Lipinski definition) is 4. The largest absolute Gasteiger partial charge is 0.371 e. The van der Waals surface area contributed by atoms with E-state index in [9.17, 15) is 14.7 Å². The van der Waals surface area contributed by atoms with E-state index in [4.69, 9.17) is 4.74 Å². The molecule has 2 aliphatic rings. The van der Waals surface area contributed by atoms with Crippen molar-refractivity contribution < 1.29 is 19.4 Å². The summed E-state index contributed by atoms with van der Waals surface area (Å²) < 4.78 is 5.08. The van der Waals surface area contributed by atoms with Crippen LogP contribution >= 0.6 is 0 Å². The summed E-state index contributed by atoms with van der Waals surface area (Å²) in [4.78, 5) is 28.3. The Kier molecular flexibility index (Phi) is 4.26. The third-order valence-corrected chi connectivity index (χ3v) is 3.23. The topological polar surface area (TPSA) is 76.6 Å². The van der Waals surface area contributed by atoms with Gasteiger partial charge in [-0.15, -0.1) is 0 Å². The van der Waals surface area contributed by atoms with Crippen LogP contribution in [0.2, 0.25) is 0 Å². The summed E-state index contributed by atoms with van der Waals surface area (Å²) in [5.41, 5.74) is 0. The molecule has 1 N–H and O–H groups in total. The second kappa shape index (κ2) is 5.75. The first kappa shape index (κ1) is 14.1. The highest BCUT2D eigenvalue weighted by molar-refractivity contribution is 5.96. The summed E-state index contributed by atoms with van der Waals surface area (Å²) in [5.74, 6) is 0. The van der Waals surface area contributed by atoms with Gasteiger partial charge in [-0.05, 0) is 12.8 Å². The van der Waals surface area contributed by atoms with Crippen molar-refractivity contribution in [1.29, 1.82) is 0 Å². The molecule has 0 aromatic heterocycles. The number of carbonyl (C=O) groups is 2. The average Bonchev–Trinajstić information content (AvgIpc) is 3.20. The Morgan fingerprint density at radius 1 is 1.16 bits per heavy atom. The van der Waals surface area contributed by atoms with Gasteiger partial charge in [0.15, 0.2) is 0 Å². The van der Waals surface area contributed by atoms with Crippen LogP contribution in [0.1, 0.15) is 26.7 Å². The van der Waals surface area contributed by atoms with Crippen LogP contribution < -0.4 is 0 Å². The predicted octanol–water partition coefficient (Wildman–Crippen LogP) is 0.641. The molecule has 1 atom stereocenters. The van der Waals surface area contributed by atoms with Crippen molar-refractivity contribution in [2.75, 3.05) is 26.2 Å². The summed E-state index contributed by atoms with van der Waals surface area (Å²) >= 11 is 0. The van der Waals surface area contributed by atoms with Crippen molar-refractivity contribution in [1.82, 2.24) is 14.7 Å². The molecule has 0 saturated carbocycles. The van der Waals surface area contributed by atoms with Crippen LogP contribution in [-0.2, 0) is 4.74 Å². The van der Waals surface area contributed by atoms with E-state index in [0.717, 1.165) is 12.8 Å². The lowest BCUT2D eigenvalue weighted by molar-refractivity contribution is -0.0931. The van der Waals surface area contributed by atoms with Gasteiger partial charge >= 0.3 is 12.1 Å². The summed E-state index contributed by atoms with van der Waals surface area (Å²) in [6.07, 6.45) is 0.251. The first-order valence-corrected chi connectivity index (χ1v) is 6.78. The fraction of sp³-hybridized carbons (Fsp3) is 0.833. The van der Waals surface area contributed by atoms with E-state index in [2.05, 4.69) is 0 Å². The molecule has 0 aromatic rings. The lowest BCUT2D eigenvalue weighted by Crippen LogP contribution is -2.66. The van der Waals surface area contributed by atoms with Crippen LogP contribution in [0, 0.1) is 0 Å². The fourth-order valence-electron chi connectivity index (χ4n) is 2.20. The molecule has 0 bridgehead atoms. The normalized spacial score (nSPS) is 24.4. The van der Waals surface area contributed by atoms with Crippen LogP contribution in [0.3, 0.4) is 0 Å². The molecule has 7 nitrogen and oxygen atoms in total. The first-order valence-electron chi connectivity index (χ1n) is 6.78. The number of ether oxygens (including phenoxy) is 1. The number of aliphatic hydroxyl groups is 1. The minimum Gasteiger partial charge on any atom is -0.371 e. The quantitative estimate of drug-likeness (QED) is 0.719. The Hall–Kier alpha value is -1.34. The number of urea groups is 2. The van der Waals surface area contributed by atoms with E-state index in [0.29, 0.717) is 19.7 Å². The molecule has 0 aromatic carbocycles. The zero-order valence-electron chi connectivity index (χ0n) is 11.4. The summed E-state index contributed by atoms with van der Waals surface area (Å²) in [6.45, 7) is 5.56. The highest BCUT2D eigenvalue weighted by Gasteiger charge is 2.44. The molecule has 7 heteroatoms. The standard InChI is InChI=1S/C12H21N3O4/c1-3-5-13-10(16)14(6-4-2)12(18)15(11(13)17)7-9-8-19-9/h9-10,16H,3-8H2,1-2H3. The Labute approximate surface area is 112 Å². The van der Waals surface area contributed by atoms with E-state index in [1.54, 1.807) is 0 Å². The Morgan fingerprint density at radius 2 is 1.63 bits per heavy atom. The molecule has 2 rings (SSSR count). The molecular weight excluding hydrogens is 250 g/mol. The lowest BCUT2D eigenvalue weighted by atomic mass is 10.3. The molecule has 2 heterocycles. The van der Waals surface area contributed by atoms with Crippen molar-refractivity contribution in [2.45, 2.75) is 39.1 Å². The first-order chi connectivity index (χ1) is 9.10. The average molecular weight is 271 g/mol. The zero-order valence-corrected chi connectivity index (χ0v) is 11.4. The molecule has 0 aliphatic carbocycles. The Bertz CT molecular complexity index is 333. The molecule has 2 fully saturated rings. The molecule has 1 unspecified atom stereocenters. The van der Waals surface area contributed by atoms with Gasteiger partial charge in [0.2, 0.25) is 6.35 Å². The molecule has 0 radical (unpaired) electrons. The van der Waals surface area contributed by atoms with Gasteiger partial charge in [-0.25, -0.2) is 14.5 Å². The van der Waals surface area contributed by atoms with Crippen LogP contribution in [0.15, 0.2) is 0 Å². The number of hydrogen-bond donors (Lipinski definition) is 1. The summed E-state index contributed by atoms with van der Waals surface area (Å²) in [7, 11) is 0. The minimum absolute atomic E-state index is 0.0462. The monoisotopic (exact) mass is 271 g/mol. The number of nitrogens with zero attached hydrogens (tertiary/aromatic N) is 3. The number of amides is 4. The minimum atomic E-state index is -1.16. The second-order valence-corrected chi connectivity index (χ2v) is 4.86. The van der Waals surface area contributed by atoms with Crippen molar-refractivity contribution in [2.24, 2.45) is 0 Å². The highest BCUT2D eigenvalue weighted by Crippen LogP contribution is 2.21. The SMILES string of the molecule is CCCN1C(=O)N(CC2CO2)C(=O)N(CCC)C1O. The lowest BCUT2D eigenvalue weighted by Gasteiger charge is -2.44. The molecule has 0 spiro atoms. The van der Waals surface area contributed by atoms with Gasteiger partial charge in [0.05, 0.1) is 19.3 Å². The van der Waals surface area contributed by atoms with Crippen molar-refractivity contribution in [3.05, 3.63) is 0 Å². The zero-order chi connectivity index (χ0) is 14.0. The van der Waals surface area contributed by atoms with Gasteiger partial charge in [-0.2, -0.15) is 0 Å². The van der Waals surface area contributed by atoms with Gasteiger partial charge < -0.3 is 9.84 Å². The van der Waals surface area contributed by atoms with Gasteiger partial charge in [-0.1, -0.05) is 13.8 Å². The Morgan fingerprint density at radius 3 is 2.00 bits per heavy atom. The van der Waals surface area contributed by atoms with E-state index < -0.39 is 18.4 Å². The maximum absolute atomic E-state index is 12.2. The number of rotatable bonds is 6. The molecular formula is C12H21N3O4. The van der Waals surface area contributed by atoms with Gasteiger partial charge in [-0.3, -0.25) is 9.80 Å². The number of epoxide rings is 1. The molecule has 2 saturated heterocycles. The number of carbonyl (C=O) groups excluding carboxylic acids is 2. The van der Waals surface area contributed by atoms with E-state index in [1.807, 2.05) is 13.8 Å². The van der Waals surface area contributed by atoms with Crippen molar-refractivity contribution >= 4 is 12.1 Å². The van der Waals surface area contributed by atoms with Crippen LogP contribution in [0.25, 0.3) is 0 Å².